The van der Waals surface area contributed by atoms with Gasteiger partial charge in [-0.1, -0.05) is 74.5 Å². The molecule has 3 heteroatoms. The number of hydrogen-bond donors (Lipinski definition) is 0. The van der Waals surface area contributed by atoms with Crippen LogP contribution in [0.25, 0.3) is 60.3 Å². The van der Waals surface area contributed by atoms with E-state index in [1.165, 1.54) is 54.7 Å². The summed E-state index contributed by atoms with van der Waals surface area (Å²) in [5.74, 6) is 0. The van der Waals surface area contributed by atoms with Gasteiger partial charge in [0, 0.05) is 16.5 Å². The van der Waals surface area contributed by atoms with E-state index in [9.17, 15) is 0 Å². The Bertz CT molecular complexity index is 2030. The maximum Gasteiger partial charge on any atom is 0.116 e. The molecular weight excluding hydrogens is 438 g/mol. The number of rotatable bonds is 1. The molecule has 3 nitrogen and oxygen atoms in total. The fourth-order valence-electron chi connectivity index (χ4n) is 6.44. The van der Waals surface area contributed by atoms with Gasteiger partial charge in [-0.15, -0.1) is 0 Å². The van der Waals surface area contributed by atoms with Crippen molar-refractivity contribution in [2.24, 2.45) is 0 Å². The second-order valence-corrected chi connectivity index (χ2v) is 10.4. The van der Waals surface area contributed by atoms with Gasteiger partial charge in [-0.2, -0.15) is 0 Å². The van der Waals surface area contributed by atoms with Crippen molar-refractivity contribution in [3.63, 3.8) is 0 Å². The van der Waals surface area contributed by atoms with Gasteiger partial charge in [0.05, 0.1) is 17.2 Å². The van der Waals surface area contributed by atoms with Gasteiger partial charge in [-0.3, -0.25) is 0 Å². The number of benzene rings is 5. The van der Waals surface area contributed by atoms with E-state index >= 15 is 0 Å². The summed E-state index contributed by atoms with van der Waals surface area (Å²) in [6, 6.07) is 33.2. The zero-order chi connectivity index (χ0) is 24.0. The molecule has 0 N–H and O–H groups in total. The quantitative estimate of drug-likeness (QED) is 0.231. The fourth-order valence-corrected chi connectivity index (χ4v) is 6.44. The van der Waals surface area contributed by atoms with E-state index in [4.69, 9.17) is 4.98 Å². The van der Waals surface area contributed by atoms with E-state index < -0.39 is 0 Å². The lowest BCUT2D eigenvalue weighted by Gasteiger charge is -2.22. The minimum absolute atomic E-state index is 0.113. The van der Waals surface area contributed by atoms with Crippen molar-refractivity contribution < 1.29 is 0 Å². The summed E-state index contributed by atoms with van der Waals surface area (Å²) in [7, 11) is 0. The monoisotopic (exact) mass is 461 g/mol. The summed E-state index contributed by atoms with van der Waals surface area (Å²) in [4.78, 5) is 9.27. The zero-order valence-electron chi connectivity index (χ0n) is 20.2. The Morgan fingerprint density at radius 1 is 0.667 bits per heavy atom. The summed E-state index contributed by atoms with van der Waals surface area (Å²) < 4.78 is 2.33. The van der Waals surface area contributed by atoms with Gasteiger partial charge >= 0.3 is 0 Å². The SMILES string of the molecule is CC1(C)c2ccccc2-c2ccc3c(c21)c1ncncc1n3-c1ccc2cc3ccccc3cc2c1. The molecule has 170 valence electrons. The summed E-state index contributed by atoms with van der Waals surface area (Å²) in [6.07, 6.45) is 3.63. The predicted molar refractivity (Wildman–Crippen MR) is 149 cm³/mol. The highest BCUT2D eigenvalue weighted by Gasteiger charge is 2.38. The van der Waals surface area contributed by atoms with E-state index in [1.54, 1.807) is 6.33 Å². The zero-order valence-corrected chi connectivity index (χ0v) is 20.2. The van der Waals surface area contributed by atoms with Crippen molar-refractivity contribution in [1.82, 2.24) is 14.5 Å². The van der Waals surface area contributed by atoms with E-state index in [0.29, 0.717) is 0 Å². The third kappa shape index (κ3) is 2.47. The number of aromatic nitrogens is 3. The Balaban J connectivity index is 1.47. The van der Waals surface area contributed by atoms with Crippen LogP contribution in [-0.2, 0) is 5.41 Å². The maximum absolute atomic E-state index is 4.83. The molecular formula is C33H23N3. The Morgan fingerprint density at radius 3 is 2.28 bits per heavy atom. The van der Waals surface area contributed by atoms with Crippen LogP contribution in [0.3, 0.4) is 0 Å². The largest absolute Gasteiger partial charge is 0.306 e. The van der Waals surface area contributed by atoms with Crippen LogP contribution in [0.1, 0.15) is 25.0 Å². The molecule has 0 fully saturated rings. The average molecular weight is 462 g/mol. The minimum Gasteiger partial charge on any atom is -0.306 e. The molecule has 0 spiro atoms. The normalized spacial score (nSPS) is 14.1. The third-order valence-electron chi connectivity index (χ3n) is 8.06. The molecule has 0 radical (unpaired) electrons. The Morgan fingerprint density at radius 2 is 1.42 bits per heavy atom. The van der Waals surface area contributed by atoms with Gasteiger partial charge in [0.2, 0.25) is 0 Å². The van der Waals surface area contributed by atoms with Crippen LogP contribution in [0.15, 0.2) is 104 Å². The Hall–Kier alpha value is -4.50. The summed E-state index contributed by atoms with van der Waals surface area (Å²) in [5.41, 5.74) is 9.60. The molecule has 2 aromatic heterocycles. The van der Waals surface area contributed by atoms with Crippen molar-refractivity contribution in [3.05, 3.63) is 115 Å². The lowest BCUT2D eigenvalue weighted by atomic mass is 9.81. The highest BCUT2D eigenvalue weighted by atomic mass is 15.0. The molecule has 0 bridgehead atoms. The molecule has 1 aliphatic rings. The third-order valence-corrected chi connectivity index (χ3v) is 8.06. The van der Waals surface area contributed by atoms with Crippen molar-refractivity contribution in [1.29, 1.82) is 0 Å². The maximum atomic E-state index is 4.83. The first-order chi connectivity index (χ1) is 17.6. The van der Waals surface area contributed by atoms with E-state index in [2.05, 4.69) is 114 Å². The molecule has 0 amide bonds. The Labute approximate surface area is 208 Å². The average Bonchev–Trinajstić information content (AvgIpc) is 3.36. The van der Waals surface area contributed by atoms with Gasteiger partial charge in [0.1, 0.15) is 11.8 Å². The predicted octanol–water partition coefficient (Wildman–Crippen LogP) is 8.19. The second-order valence-electron chi connectivity index (χ2n) is 10.4. The molecule has 5 aromatic carbocycles. The van der Waals surface area contributed by atoms with Crippen molar-refractivity contribution in [3.8, 4) is 16.8 Å². The van der Waals surface area contributed by atoms with Crippen molar-refractivity contribution in [2.75, 3.05) is 0 Å². The smallest absolute Gasteiger partial charge is 0.116 e. The minimum atomic E-state index is -0.113. The van der Waals surface area contributed by atoms with Gasteiger partial charge in [-0.25, -0.2) is 9.97 Å². The summed E-state index contributed by atoms with van der Waals surface area (Å²) >= 11 is 0. The van der Waals surface area contributed by atoms with Crippen LogP contribution in [0.2, 0.25) is 0 Å². The molecule has 0 saturated heterocycles. The van der Waals surface area contributed by atoms with Crippen LogP contribution in [0, 0.1) is 0 Å². The molecule has 0 unspecified atom stereocenters. The topological polar surface area (TPSA) is 30.7 Å². The van der Waals surface area contributed by atoms with Gasteiger partial charge in [-0.05, 0) is 74.1 Å². The molecule has 36 heavy (non-hydrogen) atoms. The van der Waals surface area contributed by atoms with Crippen LogP contribution in [0.4, 0.5) is 0 Å². The molecule has 0 aliphatic heterocycles. The van der Waals surface area contributed by atoms with Crippen LogP contribution >= 0.6 is 0 Å². The summed E-state index contributed by atoms with van der Waals surface area (Å²) in [5, 5.41) is 6.22. The van der Waals surface area contributed by atoms with E-state index in [1.807, 2.05) is 6.20 Å². The Kier molecular flexibility index (Phi) is 3.73. The first kappa shape index (κ1) is 19.8. The fraction of sp³-hybridized carbons (Fsp3) is 0.0909. The van der Waals surface area contributed by atoms with Crippen molar-refractivity contribution >= 4 is 43.5 Å². The molecule has 1 aliphatic carbocycles. The van der Waals surface area contributed by atoms with Crippen LogP contribution < -0.4 is 0 Å². The second kappa shape index (κ2) is 6.79. The highest BCUT2D eigenvalue weighted by Crippen LogP contribution is 2.52. The molecule has 2 heterocycles. The van der Waals surface area contributed by atoms with Crippen molar-refractivity contribution in [2.45, 2.75) is 19.3 Å². The van der Waals surface area contributed by atoms with Crippen LogP contribution in [0.5, 0.6) is 0 Å². The molecule has 0 atom stereocenters. The van der Waals surface area contributed by atoms with E-state index in [0.717, 1.165) is 16.7 Å². The van der Waals surface area contributed by atoms with Crippen LogP contribution in [-0.4, -0.2) is 14.5 Å². The lowest BCUT2D eigenvalue weighted by molar-refractivity contribution is 0.666. The highest BCUT2D eigenvalue weighted by molar-refractivity contribution is 6.12. The number of hydrogen-bond acceptors (Lipinski definition) is 2. The number of fused-ring (bicyclic) bond motifs is 9. The molecule has 0 saturated carbocycles. The van der Waals surface area contributed by atoms with Gasteiger partial charge in [0.25, 0.3) is 0 Å². The molecule has 8 rings (SSSR count). The van der Waals surface area contributed by atoms with E-state index in [-0.39, 0.29) is 5.41 Å². The molecule has 7 aromatic rings. The first-order valence-electron chi connectivity index (χ1n) is 12.4. The number of nitrogens with zero attached hydrogens (tertiary/aromatic N) is 3. The van der Waals surface area contributed by atoms with Gasteiger partial charge in [0.15, 0.2) is 0 Å². The lowest BCUT2D eigenvalue weighted by Crippen LogP contribution is -2.15. The standard InChI is InChI=1S/C33H23N3/c1-33(2)27-10-6-5-9-25(27)26-13-14-28-30(31(26)33)32-29(18-34-19-35-32)36(28)24-12-11-22-15-20-7-3-4-8-21(20)16-23(22)17-24/h3-19H,1-2H3. The first-order valence-corrected chi connectivity index (χ1v) is 12.4. The van der Waals surface area contributed by atoms with Gasteiger partial charge < -0.3 is 4.57 Å². The summed E-state index contributed by atoms with van der Waals surface area (Å²) in [6.45, 7) is 4.67.